The second-order valence-corrected chi connectivity index (χ2v) is 14.7. The number of halogens is 1. The molecule has 2 N–H and O–H groups in total. The number of amides is 1. The molecule has 4 aromatic rings. The second-order valence-electron chi connectivity index (χ2n) is 12.7. The summed E-state index contributed by atoms with van der Waals surface area (Å²) in [5, 5.41) is 14.1. The Bertz CT molecular complexity index is 1970. The van der Waals surface area contributed by atoms with E-state index in [1.54, 1.807) is 54.0 Å². The molecule has 0 spiro atoms. The van der Waals surface area contributed by atoms with Gasteiger partial charge in [0.2, 0.25) is 0 Å². The van der Waals surface area contributed by atoms with Gasteiger partial charge in [0.25, 0.3) is 11.5 Å². The van der Waals surface area contributed by atoms with Crippen molar-refractivity contribution in [3.63, 3.8) is 0 Å². The molecule has 1 aromatic heterocycles. The summed E-state index contributed by atoms with van der Waals surface area (Å²) in [7, 11) is -1.35. The molecule has 1 aliphatic heterocycles. The quantitative estimate of drug-likeness (QED) is 0.286. The third-order valence-electron chi connectivity index (χ3n) is 9.17. The van der Waals surface area contributed by atoms with E-state index in [1.807, 2.05) is 19.3 Å². The smallest absolute Gasteiger partial charge is 0.258 e. The van der Waals surface area contributed by atoms with Gasteiger partial charge in [0.15, 0.2) is 9.84 Å². The van der Waals surface area contributed by atoms with Crippen LogP contribution in [0.3, 0.4) is 0 Å². The number of aliphatic hydroxyl groups excluding tert-OH is 1. The molecule has 1 aliphatic carbocycles. The molecule has 46 heavy (non-hydrogen) atoms. The fourth-order valence-corrected chi connectivity index (χ4v) is 6.75. The molecule has 6 rings (SSSR count). The Balaban J connectivity index is 1.43. The summed E-state index contributed by atoms with van der Waals surface area (Å²) in [6.45, 7) is 4.72. The van der Waals surface area contributed by atoms with Crippen LogP contribution in [0.5, 0.6) is 0 Å². The van der Waals surface area contributed by atoms with Gasteiger partial charge in [-0.05, 0) is 96.4 Å². The van der Waals surface area contributed by atoms with E-state index in [2.05, 4.69) is 15.1 Å². The predicted molar refractivity (Wildman–Crippen MR) is 176 cm³/mol. The van der Waals surface area contributed by atoms with Crippen molar-refractivity contribution in [2.45, 2.75) is 49.8 Å². The molecule has 1 saturated carbocycles. The molecule has 2 heterocycles. The fraction of sp³-hybridized carbons (Fsp3) is 0.371. The average molecular weight is 647 g/mol. The molecule has 1 atom stereocenters. The van der Waals surface area contributed by atoms with Crippen molar-refractivity contribution >= 4 is 26.5 Å². The predicted octanol–water partition coefficient (Wildman–Crippen LogP) is 3.57. The number of aliphatic hydroxyl groups is 1. The van der Waals surface area contributed by atoms with Gasteiger partial charge in [0, 0.05) is 61.7 Å². The highest BCUT2D eigenvalue weighted by Crippen LogP contribution is 2.31. The standard InChI is InChI=1S/C35H39FN4O5S/c1-22-31(15-25(16-33(22)36)34(42)37-27-7-8-27)24-6-11-30-32(14-24)26(18-39-13-12-38(2)28(20-39)21-41)19-40(35(30)43)17-23-4-9-29(10-5-23)46(3,44)45/h4-6,9-11,14-16,19,27-28,41H,7-8,12-13,17-18,20-21H2,1-3H3,(H,37,42). The Morgan fingerprint density at radius 2 is 1.76 bits per heavy atom. The van der Waals surface area contributed by atoms with E-state index in [-0.39, 0.29) is 47.2 Å². The highest BCUT2D eigenvalue weighted by Gasteiger charge is 2.26. The van der Waals surface area contributed by atoms with Crippen molar-refractivity contribution in [3.05, 3.63) is 99.2 Å². The molecular weight excluding hydrogens is 607 g/mol. The molecule has 3 aromatic carbocycles. The van der Waals surface area contributed by atoms with Crippen molar-refractivity contribution in [3.8, 4) is 11.1 Å². The first-order valence-corrected chi connectivity index (χ1v) is 17.4. The summed E-state index contributed by atoms with van der Waals surface area (Å²) in [6, 6.07) is 15.1. The first-order valence-electron chi connectivity index (χ1n) is 15.5. The first kappa shape index (κ1) is 32.1. The summed E-state index contributed by atoms with van der Waals surface area (Å²) in [4.78, 5) is 31.3. The lowest BCUT2D eigenvalue weighted by Crippen LogP contribution is -2.52. The number of nitrogens with zero attached hydrogens (tertiary/aromatic N) is 3. The van der Waals surface area contributed by atoms with E-state index in [0.717, 1.165) is 48.7 Å². The summed E-state index contributed by atoms with van der Waals surface area (Å²) in [5.74, 6) is -0.770. The zero-order valence-electron chi connectivity index (χ0n) is 26.3. The molecule has 242 valence electrons. The average Bonchev–Trinajstić information content (AvgIpc) is 3.85. The van der Waals surface area contributed by atoms with Gasteiger partial charge in [-0.1, -0.05) is 18.2 Å². The van der Waals surface area contributed by atoms with Crippen LogP contribution in [0, 0.1) is 12.7 Å². The van der Waals surface area contributed by atoms with Crippen molar-refractivity contribution < 1.29 is 22.7 Å². The molecule has 1 saturated heterocycles. The number of rotatable bonds is 9. The van der Waals surface area contributed by atoms with E-state index in [9.17, 15) is 23.1 Å². The van der Waals surface area contributed by atoms with Crippen LogP contribution >= 0.6 is 0 Å². The number of piperazine rings is 1. The zero-order valence-corrected chi connectivity index (χ0v) is 27.1. The van der Waals surface area contributed by atoms with Crippen LogP contribution in [0.2, 0.25) is 0 Å². The second kappa shape index (κ2) is 12.7. The summed E-state index contributed by atoms with van der Waals surface area (Å²) >= 11 is 0. The number of aromatic nitrogens is 1. The van der Waals surface area contributed by atoms with Crippen LogP contribution < -0.4 is 10.9 Å². The number of likely N-dealkylation sites (N-methyl/N-ethyl adjacent to an activating group) is 1. The lowest BCUT2D eigenvalue weighted by molar-refractivity contribution is 0.0541. The number of fused-ring (bicyclic) bond motifs is 1. The largest absolute Gasteiger partial charge is 0.395 e. The summed E-state index contributed by atoms with van der Waals surface area (Å²) in [6.07, 6.45) is 4.86. The Morgan fingerprint density at radius 3 is 2.43 bits per heavy atom. The minimum Gasteiger partial charge on any atom is -0.395 e. The maximum absolute atomic E-state index is 15.2. The van der Waals surface area contributed by atoms with Crippen molar-refractivity contribution in [1.29, 1.82) is 0 Å². The zero-order chi connectivity index (χ0) is 32.7. The highest BCUT2D eigenvalue weighted by atomic mass is 32.2. The SMILES string of the molecule is Cc1c(F)cc(C(=O)NC2CC2)cc1-c1ccc2c(=O)n(Cc3ccc(S(C)(=O)=O)cc3)cc(CN3CCN(C)C(CO)C3)c2c1. The number of hydrogen-bond acceptors (Lipinski definition) is 7. The Hall–Kier alpha value is -3.90. The third kappa shape index (κ3) is 6.78. The van der Waals surface area contributed by atoms with E-state index in [4.69, 9.17) is 0 Å². The van der Waals surface area contributed by atoms with Crippen molar-refractivity contribution in [2.75, 3.05) is 39.5 Å². The number of carbonyl (C=O) groups is 1. The molecule has 0 radical (unpaired) electrons. The maximum Gasteiger partial charge on any atom is 0.258 e. The number of carbonyl (C=O) groups excluding carboxylic acids is 1. The molecule has 2 aliphatic rings. The Kier molecular flexibility index (Phi) is 8.86. The summed E-state index contributed by atoms with van der Waals surface area (Å²) < 4.78 is 40.7. The van der Waals surface area contributed by atoms with Crippen LogP contribution in [0.1, 0.15) is 39.9 Å². The topological polar surface area (TPSA) is 112 Å². The normalized spacial score (nSPS) is 17.8. The van der Waals surface area contributed by atoms with Crippen LogP contribution in [0.25, 0.3) is 21.9 Å². The molecular formula is C35H39FN4O5S. The van der Waals surface area contributed by atoms with Crippen molar-refractivity contribution in [1.82, 2.24) is 19.7 Å². The minimum absolute atomic E-state index is 0.00927. The van der Waals surface area contributed by atoms with Gasteiger partial charge >= 0.3 is 0 Å². The molecule has 2 fully saturated rings. The highest BCUT2D eigenvalue weighted by molar-refractivity contribution is 7.90. The van der Waals surface area contributed by atoms with Crippen LogP contribution in [0.4, 0.5) is 4.39 Å². The number of benzene rings is 3. The number of sulfone groups is 1. The number of nitrogens with one attached hydrogen (secondary N) is 1. The van der Waals surface area contributed by atoms with Crippen molar-refractivity contribution in [2.24, 2.45) is 0 Å². The molecule has 1 unspecified atom stereocenters. The van der Waals surface area contributed by atoms with E-state index < -0.39 is 15.7 Å². The van der Waals surface area contributed by atoms with Crippen LogP contribution in [-0.2, 0) is 22.9 Å². The van der Waals surface area contributed by atoms with E-state index in [1.165, 1.54) is 6.07 Å². The minimum atomic E-state index is -3.35. The van der Waals surface area contributed by atoms with Gasteiger partial charge in [-0.2, -0.15) is 0 Å². The van der Waals surface area contributed by atoms with E-state index in [0.29, 0.717) is 35.2 Å². The van der Waals surface area contributed by atoms with Gasteiger partial charge in [-0.3, -0.25) is 19.4 Å². The van der Waals surface area contributed by atoms with Gasteiger partial charge < -0.3 is 15.0 Å². The lowest BCUT2D eigenvalue weighted by atomic mass is 9.94. The van der Waals surface area contributed by atoms with E-state index >= 15 is 4.39 Å². The maximum atomic E-state index is 15.2. The van der Waals surface area contributed by atoms with Gasteiger partial charge in [0.1, 0.15) is 5.82 Å². The fourth-order valence-electron chi connectivity index (χ4n) is 6.12. The molecule has 0 bridgehead atoms. The molecule has 11 heteroatoms. The number of pyridine rings is 1. The Labute approximate surface area is 268 Å². The monoisotopic (exact) mass is 646 g/mol. The van der Waals surface area contributed by atoms with Crippen LogP contribution in [-0.4, -0.2) is 85.4 Å². The lowest BCUT2D eigenvalue weighted by Gasteiger charge is -2.38. The van der Waals surface area contributed by atoms with Gasteiger partial charge in [-0.25, -0.2) is 12.8 Å². The first-order chi connectivity index (χ1) is 21.9. The van der Waals surface area contributed by atoms with Gasteiger partial charge in [-0.15, -0.1) is 0 Å². The molecule has 1 amide bonds. The molecule has 9 nitrogen and oxygen atoms in total. The Morgan fingerprint density at radius 1 is 1.02 bits per heavy atom. The van der Waals surface area contributed by atoms with Gasteiger partial charge in [0.05, 0.1) is 18.0 Å². The summed E-state index contributed by atoms with van der Waals surface area (Å²) in [5.41, 5.74) is 3.43. The van der Waals surface area contributed by atoms with Crippen LogP contribution in [0.15, 0.2) is 70.5 Å². The third-order valence-corrected chi connectivity index (χ3v) is 10.3. The number of hydrogen-bond donors (Lipinski definition) is 2.